The summed E-state index contributed by atoms with van der Waals surface area (Å²) in [5.74, 6) is 0.0988. The van der Waals surface area contributed by atoms with Crippen molar-refractivity contribution in [1.82, 2.24) is 4.90 Å². The van der Waals surface area contributed by atoms with Crippen molar-refractivity contribution in [3.63, 3.8) is 0 Å². The lowest BCUT2D eigenvalue weighted by molar-refractivity contribution is -0.146. The standard InChI is InChI=1S/C18H22F3NO3/c19-18(20,21)15-3-1-2-13(10-15)11-16-12-22(6-9-25-16)17(23)14-4-7-24-8-5-14/h1-3,10,14,16H,4-9,11-12H2/t16-/m0/s1. The first-order valence-electron chi connectivity index (χ1n) is 8.58. The minimum Gasteiger partial charge on any atom is -0.381 e. The highest BCUT2D eigenvalue weighted by Crippen LogP contribution is 2.30. The molecule has 0 radical (unpaired) electrons. The number of amides is 1. The maximum absolute atomic E-state index is 12.8. The quantitative estimate of drug-likeness (QED) is 0.835. The second-order valence-electron chi connectivity index (χ2n) is 6.57. The largest absolute Gasteiger partial charge is 0.416 e. The van der Waals surface area contributed by atoms with E-state index in [1.54, 1.807) is 11.0 Å². The molecule has 7 heteroatoms. The Hall–Kier alpha value is -1.60. The topological polar surface area (TPSA) is 38.8 Å². The minimum atomic E-state index is -4.35. The van der Waals surface area contributed by atoms with Crippen LogP contribution in [0.5, 0.6) is 0 Å². The van der Waals surface area contributed by atoms with Crippen LogP contribution in [0, 0.1) is 5.92 Å². The SMILES string of the molecule is O=C(C1CCOCC1)N1CCO[C@@H](Cc2cccc(C(F)(F)F)c2)C1. The van der Waals surface area contributed by atoms with Gasteiger partial charge >= 0.3 is 6.18 Å². The zero-order valence-electron chi connectivity index (χ0n) is 13.9. The van der Waals surface area contributed by atoms with E-state index in [-0.39, 0.29) is 17.9 Å². The number of carbonyl (C=O) groups is 1. The van der Waals surface area contributed by atoms with Crippen molar-refractivity contribution in [2.24, 2.45) is 5.92 Å². The van der Waals surface area contributed by atoms with Gasteiger partial charge in [0.1, 0.15) is 0 Å². The molecule has 3 rings (SSSR count). The van der Waals surface area contributed by atoms with E-state index in [1.807, 2.05) is 0 Å². The molecular formula is C18H22F3NO3. The van der Waals surface area contributed by atoms with Crippen molar-refractivity contribution in [2.75, 3.05) is 32.9 Å². The maximum Gasteiger partial charge on any atom is 0.416 e. The van der Waals surface area contributed by atoms with Crippen LogP contribution in [0.1, 0.15) is 24.0 Å². The van der Waals surface area contributed by atoms with E-state index in [0.29, 0.717) is 44.9 Å². The van der Waals surface area contributed by atoms with Crippen molar-refractivity contribution in [3.05, 3.63) is 35.4 Å². The molecule has 0 unspecified atom stereocenters. The number of ether oxygens (including phenoxy) is 2. The zero-order chi connectivity index (χ0) is 17.9. The van der Waals surface area contributed by atoms with Crippen LogP contribution in [0.2, 0.25) is 0 Å². The Labute approximate surface area is 144 Å². The number of alkyl halides is 3. The molecule has 0 aliphatic carbocycles. The molecule has 0 spiro atoms. The Balaban J connectivity index is 1.61. The lowest BCUT2D eigenvalue weighted by atomic mass is 9.97. The highest BCUT2D eigenvalue weighted by Gasteiger charge is 2.32. The summed E-state index contributed by atoms with van der Waals surface area (Å²) in [6.45, 7) is 2.59. The van der Waals surface area contributed by atoms with Gasteiger partial charge in [0, 0.05) is 38.6 Å². The number of rotatable bonds is 3. The average molecular weight is 357 g/mol. The van der Waals surface area contributed by atoms with Crippen molar-refractivity contribution >= 4 is 5.91 Å². The van der Waals surface area contributed by atoms with E-state index in [4.69, 9.17) is 9.47 Å². The summed E-state index contributed by atoms with van der Waals surface area (Å²) in [5, 5.41) is 0. The van der Waals surface area contributed by atoms with Gasteiger partial charge in [0.25, 0.3) is 0 Å². The number of hydrogen-bond donors (Lipinski definition) is 0. The van der Waals surface area contributed by atoms with Crippen molar-refractivity contribution < 1.29 is 27.4 Å². The normalized spacial score (nSPS) is 22.8. The van der Waals surface area contributed by atoms with Gasteiger partial charge in [-0.3, -0.25) is 4.79 Å². The van der Waals surface area contributed by atoms with E-state index in [2.05, 4.69) is 0 Å². The van der Waals surface area contributed by atoms with Gasteiger partial charge in [-0.2, -0.15) is 13.2 Å². The predicted molar refractivity (Wildman–Crippen MR) is 85.0 cm³/mol. The molecule has 0 aromatic heterocycles. The summed E-state index contributed by atoms with van der Waals surface area (Å²) >= 11 is 0. The van der Waals surface area contributed by atoms with Crippen LogP contribution in [-0.2, 0) is 26.9 Å². The Morgan fingerprint density at radius 3 is 2.68 bits per heavy atom. The second-order valence-corrected chi connectivity index (χ2v) is 6.57. The first-order chi connectivity index (χ1) is 11.9. The fourth-order valence-corrected chi connectivity index (χ4v) is 3.38. The summed E-state index contributed by atoms with van der Waals surface area (Å²) in [5.41, 5.74) is -0.0869. The van der Waals surface area contributed by atoms with E-state index in [9.17, 15) is 18.0 Å². The maximum atomic E-state index is 12.8. The molecule has 1 aromatic carbocycles. The van der Waals surface area contributed by atoms with Crippen molar-refractivity contribution in [1.29, 1.82) is 0 Å². The molecule has 2 aliphatic heterocycles. The van der Waals surface area contributed by atoms with Crippen molar-refractivity contribution in [3.8, 4) is 0 Å². The Morgan fingerprint density at radius 2 is 1.96 bits per heavy atom. The van der Waals surface area contributed by atoms with Crippen LogP contribution in [0.25, 0.3) is 0 Å². The highest BCUT2D eigenvalue weighted by molar-refractivity contribution is 5.79. The lowest BCUT2D eigenvalue weighted by Crippen LogP contribution is -2.49. The van der Waals surface area contributed by atoms with Crippen molar-refractivity contribution in [2.45, 2.75) is 31.5 Å². The van der Waals surface area contributed by atoms with Crippen LogP contribution in [0.3, 0.4) is 0 Å². The molecule has 1 aromatic rings. The molecule has 2 aliphatic rings. The molecule has 25 heavy (non-hydrogen) atoms. The van der Waals surface area contributed by atoms with Gasteiger partial charge in [-0.1, -0.05) is 18.2 Å². The monoisotopic (exact) mass is 357 g/mol. The number of carbonyl (C=O) groups excluding carboxylic acids is 1. The second kappa shape index (κ2) is 7.74. The van der Waals surface area contributed by atoms with Gasteiger partial charge in [-0.05, 0) is 24.5 Å². The molecule has 0 bridgehead atoms. The van der Waals surface area contributed by atoms with Crippen LogP contribution in [0.15, 0.2) is 24.3 Å². The lowest BCUT2D eigenvalue weighted by Gasteiger charge is -2.36. The molecule has 4 nitrogen and oxygen atoms in total. The van der Waals surface area contributed by atoms with E-state index in [1.165, 1.54) is 6.07 Å². The number of halogens is 3. The van der Waals surface area contributed by atoms with Crippen LogP contribution in [-0.4, -0.2) is 49.8 Å². The fraction of sp³-hybridized carbons (Fsp3) is 0.611. The molecule has 2 fully saturated rings. The molecule has 1 amide bonds. The first kappa shape index (κ1) is 18.2. The third kappa shape index (κ3) is 4.73. The smallest absolute Gasteiger partial charge is 0.381 e. The molecular weight excluding hydrogens is 335 g/mol. The van der Waals surface area contributed by atoms with Crippen LogP contribution >= 0.6 is 0 Å². The van der Waals surface area contributed by atoms with Gasteiger partial charge in [-0.25, -0.2) is 0 Å². The fourth-order valence-electron chi connectivity index (χ4n) is 3.38. The summed E-state index contributed by atoms with van der Waals surface area (Å²) in [4.78, 5) is 14.4. The Morgan fingerprint density at radius 1 is 1.20 bits per heavy atom. The molecule has 1 atom stereocenters. The third-order valence-electron chi connectivity index (χ3n) is 4.74. The van der Waals surface area contributed by atoms with Gasteiger partial charge in [0.2, 0.25) is 5.91 Å². The predicted octanol–water partition coefficient (Wildman–Crippen LogP) is 2.90. The molecule has 2 heterocycles. The third-order valence-corrected chi connectivity index (χ3v) is 4.74. The number of hydrogen-bond acceptors (Lipinski definition) is 3. The number of benzene rings is 1. The minimum absolute atomic E-state index is 0.0129. The average Bonchev–Trinajstić information content (AvgIpc) is 2.61. The summed E-state index contributed by atoms with van der Waals surface area (Å²) in [6, 6.07) is 5.29. The first-order valence-corrected chi connectivity index (χ1v) is 8.58. The molecule has 0 N–H and O–H groups in total. The van der Waals surface area contributed by atoms with Crippen LogP contribution in [0.4, 0.5) is 13.2 Å². The van der Waals surface area contributed by atoms with E-state index >= 15 is 0 Å². The zero-order valence-corrected chi connectivity index (χ0v) is 13.9. The summed E-state index contributed by atoms with van der Waals surface area (Å²) < 4.78 is 49.4. The Kier molecular flexibility index (Phi) is 5.64. The molecule has 138 valence electrons. The van der Waals surface area contributed by atoms with Gasteiger partial charge in [-0.15, -0.1) is 0 Å². The highest BCUT2D eigenvalue weighted by atomic mass is 19.4. The number of nitrogens with zero attached hydrogens (tertiary/aromatic N) is 1. The van der Waals surface area contributed by atoms with Gasteiger partial charge in [0.15, 0.2) is 0 Å². The summed E-state index contributed by atoms with van der Waals surface area (Å²) in [7, 11) is 0. The summed E-state index contributed by atoms with van der Waals surface area (Å²) in [6.07, 6.45) is -2.81. The Bertz CT molecular complexity index is 599. The van der Waals surface area contributed by atoms with Crippen LogP contribution < -0.4 is 0 Å². The van der Waals surface area contributed by atoms with Gasteiger partial charge in [0.05, 0.1) is 18.3 Å². The van der Waals surface area contributed by atoms with E-state index < -0.39 is 11.7 Å². The van der Waals surface area contributed by atoms with E-state index in [0.717, 1.165) is 25.0 Å². The molecule has 2 saturated heterocycles. The number of morpholine rings is 1. The van der Waals surface area contributed by atoms with Gasteiger partial charge < -0.3 is 14.4 Å². The molecule has 0 saturated carbocycles.